The average Bonchev–Trinajstić information content (AvgIpc) is 3.35. The molecule has 0 spiro atoms. The Morgan fingerprint density at radius 2 is 2.00 bits per heavy atom. The highest BCUT2D eigenvalue weighted by atomic mass is 32.1. The van der Waals surface area contributed by atoms with Gasteiger partial charge in [0, 0.05) is 29.0 Å². The number of ketones is 1. The Morgan fingerprint density at radius 3 is 2.71 bits per heavy atom. The largest absolute Gasteiger partial charge is 0.497 e. The average molecular weight is 389 g/mol. The fraction of sp³-hybridized carbons (Fsp3) is 0.227. The second kappa shape index (κ2) is 6.56. The van der Waals surface area contributed by atoms with Gasteiger partial charge in [0.1, 0.15) is 5.75 Å². The third-order valence-electron chi connectivity index (χ3n) is 5.41. The molecule has 3 heterocycles. The minimum Gasteiger partial charge on any atom is -0.497 e. The first-order valence-corrected chi connectivity index (χ1v) is 10.1. The van der Waals surface area contributed by atoms with Crippen molar-refractivity contribution in [2.75, 3.05) is 7.11 Å². The van der Waals surface area contributed by atoms with Gasteiger partial charge < -0.3 is 4.74 Å². The molecule has 0 radical (unpaired) electrons. The number of benzene rings is 1. The molecule has 0 saturated heterocycles. The maximum atomic E-state index is 12.8. The predicted molar refractivity (Wildman–Crippen MR) is 109 cm³/mol. The summed E-state index contributed by atoms with van der Waals surface area (Å²) in [6.45, 7) is 1.99. The van der Waals surface area contributed by atoms with Crippen LogP contribution in [0.3, 0.4) is 0 Å². The van der Waals surface area contributed by atoms with E-state index in [0.717, 1.165) is 40.3 Å². The molecule has 0 bridgehead atoms. The standard InChI is InChI=1S/C22H19N3O2S/c1-13-21(14-5-7-16(27-2)8-6-14)22-23-12-17-18(25(22)24-13)10-15(11-19(17)26)20-4-3-9-28-20/h3-9,12,15H,10-11H2,1-2H3/t15-/m0/s1. The Balaban J connectivity index is 1.66. The van der Waals surface area contributed by atoms with Crippen LogP contribution in [0.25, 0.3) is 16.8 Å². The van der Waals surface area contributed by atoms with Crippen molar-refractivity contribution < 1.29 is 9.53 Å². The molecule has 6 heteroatoms. The van der Waals surface area contributed by atoms with Crippen LogP contribution >= 0.6 is 11.3 Å². The van der Waals surface area contributed by atoms with E-state index in [2.05, 4.69) is 16.4 Å². The lowest BCUT2D eigenvalue weighted by Gasteiger charge is -2.23. The summed E-state index contributed by atoms with van der Waals surface area (Å²) in [5, 5.41) is 6.84. The van der Waals surface area contributed by atoms with Crippen LogP contribution in [0.15, 0.2) is 48.0 Å². The summed E-state index contributed by atoms with van der Waals surface area (Å²) in [6, 6.07) is 12.1. The van der Waals surface area contributed by atoms with Gasteiger partial charge in [0.15, 0.2) is 11.4 Å². The summed E-state index contributed by atoms with van der Waals surface area (Å²) in [6.07, 6.45) is 3.06. The number of thiophene rings is 1. The van der Waals surface area contributed by atoms with E-state index in [1.165, 1.54) is 4.88 Å². The number of hydrogen-bond acceptors (Lipinski definition) is 5. The van der Waals surface area contributed by atoms with Crippen LogP contribution < -0.4 is 4.74 Å². The zero-order valence-corrected chi connectivity index (χ0v) is 16.5. The normalized spacial score (nSPS) is 16.4. The fourth-order valence-electron chi connectivity index (χ4n) is 4.03. The Hall–Kier alpha value is -2.99. The van der Waals surface area contributed by atoms with E-state index >= 15 is 0 Å². The molecule has 0 N–H and O–H groups in total. The Kier molecular flexibility index (Phi) is 4.02. The lowest BCUT2D eigenvalue weighted by Crippen LogP contribution is -2.22. The lowest BCUT2D eigenvalue weighted by molar-refractivity contribution is 0.0962. The summed E-state index contributed by atoms with van der Waals surface area (Å²) in [7, 11) is 1.66. The highest BCUT2D eigenvalue weighted by molar-refractivity contribution is 7.10. The SMILES string of the molecule is COc1ccc(-c2c(C)nn3c4c(cnc23)C(=O)C[C@@H](c2cccs2)C4)cc1. The number of ether oxygens (including phenoxy) is 1. The zero-order chi connectivity index (χ0) is 19.3. The van der Waals surface area contributed by atoms with Gasteiger partial charge in [-0.05, 0) is 42.5 Å². The quantitative estimate of drug-likeness (QED) is 0.510. The van der Waals surface area contributed by atoms with Crippen molar-refractivity contribution in [2.45, 2.75) is 25.7 Å². The molecule has 28 heavy (non-hydrogen) atoms. The molecule has 0 fully saturated rings. The number of rotatable bonds is 3. The molecule has 0 amide bonds. The van der Waals surface area contributed by atoms with Gasteiger partial charge in [-0.1, -0.05) is 18.2 Å². The van der Waals surface area contributed by atoms with E-state index in [0.29, 0.717) is 12.0 Å². The Bertz CT molecular complexity index is 1180. The molecule has 0 unspecified atom stereocenters. The number of carbonyl (C=O) groups is 1. The molecule has 5 nitrogen and oxygen atoms in total. The van der Waals surface area contributed by atoms with E-state index in [9.17, 15) is 4.79 Å². The van der Waals surface area contributed by atoms with Crippen LogP contribution in [0.5, 0.6) is 5.75 Å². The number of nitrogens with zero attached hydrogens (tertiary/aromatic N) is 3. The van der Waals surface area contributed by atoms with Crippen molar-refractivity contribution in [3.05, 3.63) is 69.8 Å². The van der Waals surface area contributed by atoms with Crippen molar-refractivity contribution in [1.29, 1.82) is 0 Å². The maximum Gasteiger partial charge on any atom is 0.166 e. The zero-order valence-electron chi connectivity index (χ0n) is 15.7. The molecule has 1 aromatic carbocycles. The summed E-state index contributed by atoms with van der Waals surface area (Å²) in [4.78, 5) is 18.7. The highest BCUT2D eigenvalue weighted by Crippen LogP contribution is 2.36. The summed E-state index contributed by atoms with van der Waals surface area (Å²) in [5.41, 5.74) is 5.39. The minimum absolute atomic E-state index is 0.146. The van der Waals surface area contributed by atoms with Gasteiger partial charge in [0.25, 0.3) is 0 Å². The lowest BCUT2D eigenvalue weighted by atomic mass is 9.85. The molecule has 3 aromatic heterocycles. The van der Waals surface area contributed by atoms with Crippen LogP contribution in [0, 0.1) is 6.92 Å². The number of fused-ring (bicyclic) bond motifs is 3. The molecule has 1 atom stereocenters. The van der Waals surface area contributed by atoms with Gasteiger partial charge >= 0.3 is 0 Å². The first kappa shape index (κ1) is 17.1. The maximum absolute atomic E-state index is 12.8. The fourth-order valence-corrected chi connectivity index (χ4v) is 4.86. The molecule has 5 rings (SSSR count). The van der Waals surface area contributed by atoms with Gasteiger partial charge in [-0.25, -0.2) is 9.50 Å². The third-order valence-corrected chi connectivity index (χ3v) is 6.45. The van der Waals surface area contributed by atoms with Gasteiger partial charge in [-0.15, -0.1) is 11.3 Å². The molecular weight excluding hydrogens is 370 g/mol. The number of carbonyl (C=O) groups excluding carboxylic acids is 1. The van der Waals surface area contributed by atoms with Crippen molar-refractivity contribution in [3.8, 4) is 16.9 Å². The van der Waals surface area contributed by atoms with Crippen molar-refractivity contribution in [1.82, 2.24) is 14.6 Å². The minimum atomic E-state index is 0.146. The van der Waals surface area contributed by atoms with E-state index in [4.69, 9.17) is 9.84 Å². The van der Waals surface area contributed by atoms with Crippen molar-refractivity contribution in [3.63, 3.8) is 0 Å². The second-order valence-electron chi connectivity index (χ2n) is 7.09. The second-order valence-corrected chi connectivity index (χ2v) is 8.07. The molecule has 1 aliphatic carbocycles. The van der Waals surface area contributed by atoms with Gasteiger partial charge in [0.05, 0.1) is 24.1 Å². The first-order valence-electron chi connectivity index (χ1n) is 9.24. The van der Waals surface area contributed by atoms with Crippen molar-refractivity contribution >= 4 is 22.8 Å². The van der Waals surface area contributed by atoms with Crippen LogP contribution in [0.4, 0.5) is 0 Å². The summed E-state index contributed by atoms with van der Waals surface area (Å²) in [5.74, 6) is 1.17. The Labute approximate surface area is 166 Å². The highest BCUT2D eigenvalue weighted by Gasteiger charge is 2.30. The number of hydrogen-bond donors (Lipinski definition) is 0. The van der Waals surface area contributed by atoms with Crippen LogP contribution in [0.2, 0.25) is 0 Å². The molecule has 4 aromatic rings. The molecule has 140 valence electrons. The number of aromatic nitrogens is 3. The number of aryl methyl sites for hydroxylation is 1. The molecular formula is C22H19N3O2S. The number of methoxy groups -OCH3 is 1. The number of Topliss-reactive ketones (excluding diaryl/α,β-unsaturated/α-hetero) is 1. The van der Waals surface area contributed by atoms with E-state index < -0.39 is 0 Å². The van der Waals surface area contributed by atoms with E-state index in [1.54, 1.807) is 24.6 Å². The first-order chi connectivity index (χ1) is 13.7. The molecule has 0 aliphatic heterocycles. The third kappa shape index (κ3) is 2.64. The van der Waals surface area contributed by atoms with Gasteiger partial charge in [-0.2, -0.15) is 5.10 Å². The molecule has 1 aliphatic rings. The van der Waals surface area contributed by atoms with E-state index in [-0.39, 0.29) is 11.7 Å². The topological polar surface area (TPSA) is 56.5 Å². The van der Waals surface area contributed by atoms with Crippen molar-refractivity contribution in [2.24, 2.45) is 0 Å². The predicted octanol–water partition coefficient (Wildman–Crippen LogP) is 4.69. The van der Waals surface area contributed by atoms with E-state index in [1.807, 2.05) is 41.8 Å². The Morgan fingerprint density at radius 1 is 1.18 bits per heavy atom. The van der Waals surface area contributed by atoms with Gasteiger partial charge in [0.2, 0.25) is 0 Å². The monoisotopic (exact) mass is 389 g/mol. The van der Waals surface area contributed by atoms with Crippen LogP contribution in [-0.2, 0) is 6.42 Å². The van der Waals surface area contributed by atoms with Gasteiger partial charge in [-0.3, -0.25) is 4.79 Å². The molecule has 0 saturated carbocycles. The van der Waals surface area contributed by atoms with Crippen LogP contribution in [0.1, 0.15) is 39.0 Å². The van der Waals surface area contributed by atoms with Crippen LogP contribution in [-0.4, -0.2) is 27.5 Å². The summed E-state index contributed by atoms with van der Waals surface area (Å²) >= 11 is 1.71. The smallest absolute Gasteiger partial charge is 0.166 e. The summed E-state index contributed by atoms with van der Waals surface area (Å²) < 4.78 is 7.14.